The second-order valence-corrected chi connectivity index (χ2v) is 4.37. The van der Waals surface area contributed by atoms with E-state index in [4.69, 9.17) is 0 Å². The first-order valence-corrected chi connectivity index (χ1v) is 4.70. The van der Waals surface area contributed by atoms with Gasteiger partial charge in [-0.3, -0.25) is 0 Å². The van der Waals surface area contributed by atoms with E-state index in [1.165, 1.54) is 18.5 Å². The molecule has 1 saturated heterocycles. The van der Waals surface area contributed by atoms with E-state index in [2.05, 4.69) is 0 Å². The molecule has 0 aromatic rings. The summed E-state index contributed by atoms with van der Waals surface area (Å²) in [5.41, 5.74) is 0.973. The summed E-state index contributed by atoms with van der Waals surface area (Å²) in [6.07, 6.45) is 4.61. The molecule has 1 aliphatic heterocycles. The predicted molar refractivity (Wildman–Crippen MR) is 41.6 cm³/mol. The average Bonchev–Trinajstić information content (AvgIpc) is 2.60. The van der Waals surface area contributed by atoms with Crippen molar-refractivity contribution in [1.82, 2.24) is 0 Å². The summed E-state index contributed by atoms with van der Waals surface area (Å²) in [4.78, 5) is 0. The molecule has 50 valence electrons. The van der Waals surface area contributed by atoms with Gasteiger partial charge >= 0.3 is 0 Å². The third-order valence-electron chi connectivity index (χ3n) is 2.40. The third kappa shape index (κ3) is 1.01. The number of hydrogen-bond acceptors (Lipinski definition) is 2. The van der Waals surface area contributed by atoms with Crippen molar-refractivity contribution in [3.63, 3.8) is 0 Å². The van der Waals surface area contributed by atoms with Crippen LogP contribution in [0.25, 0.3) is 0 Å². The fourth-order valence-corrected chi connectivity index (χ4v) is 2.62. The van der Waals surface area contributed by atoms with E-state index < -0.39 is 0 Å². The zero-order chi connectivity index (χ0) is 6.32. The van der Waals surface area contributed by atoms with Crippen molar-refractivity contribution in [1.29, 1.82) is 0 Å². The molecule has 0 amide bonds. The van der Waals surface area contributed by atoms with Gasteiger partial charge in [-0.2, -0.15) is 0 Å². The molecule has 2 rings (SSSR count). The summed E-state index contributed by atoms with van der Waals surface area (Å²) in [5, 5.41) is 9.81. The zero-order valence-corrected chi connectivity index (χ0v) is 6.28. The van der Waals surface area contributed by atoms with Gasteiger partial charge in [0.1, 0.15) is 0 Å². The molecule has 0 spiro atoms. The molecular weight excluding hydrogens is 131 g/mol. The minimum atomic E-state index is -0.231. The summed E-state index contributed by atoms with van der Waals surface area (Å²) in [6.45, 7) is 0. The van der Waals surface area contributed by atoms with Crippen molar-refractivity contribution < 1.29 is 5.11 Å². The van der Waals surface area contributed by atoms with Crippen LogP contribution in [-0.4, -0.2) is 22.3 Å². The quantitative estimate of drug-likeness (QED) is 0.437. The Bertz CT molecular complexity index is 118. The maximum Gasteiger partial charge on any atom is 0.253 e. The second-order valence-electron chi connectivity index (χ2n) is 3.13. The minimum Gasteiger partial charge on any atom is -0.397 e. The summed E-state index contributed by atoms with van der Waals surface area (Å²) < 4.78 is 0. The highest BCUT2D eigenvalue weighted by Crippen LogP contribution is 2.43. The molecule has 2 aliphatic rings. The van der Waals surface area contributed by atoms with Crippen molar-refractivity contribution in [2.45, 2.75) is 31.2 Å². The predicted octanol–water partition coefficient (Wildman–Crippen LogP) is 1.11. The van der Waals surface area contributed by atoms with Gasteiger partial charge in [-0.1, -0.05) is 12.8 Å². The summed E-state index contributed by atoms with van der Waals surface area (Å²) >= 11 is 1.91. The molecule has 1 aliphatic carbocycles. The Morgan fingerprint density at radius 3 is 2.33 bits per heavy atom. The Hall–Kier alpha value is 0.375. The van der Waals surface area contributed by atoms with Crippen molar-refractivity contribution in [2.24, 2.45) is 0 Å². The highest BCUT2D eigenvalue weighted by atomic mass is 32.2. The lowest BCUT2D eigenvalue weighted by molar-refractivity contribution is 0.132. The van der Waals surface area contributed by atoms with Gasteiger partial charge < -0.3 is 5.11 Å². The third-order valence-corrected chi connectivity index (χ3v) is 3.51. The Kier molecular flexibility index (Phi) is 1.31. The average molecular weight is 142 g/mol. The molecule has 0 unspecified atom stereocenters. The van der Waals surface area contributed by atoms with Crippen LogP contribution in [0.1, 0.15) is 25.7 Å². The van der Waals surface area contributed by atoms with Gasteiger partial charge in [-0.25, -0.2) is 11.6 Å². The lowest BCUT2D eigenvalue weighted by Gasteiger charge is -2.17. The summed E-state index contributed by atoms with van der Waals surface area (Å²) in [5.74, 6) is 0.611. The topological polar surface area (TPSA) is 20.2 Å². The number of hydrogen-bond donors (Lipinski definition) is 1. The minimum absolute atomic E-state index is 0.231. The molecule has 0 radical (unpaired) electrons. The Labute approximate surface area is 60.2 Å². The molecule has 3 heteroatoms. The van der Waals surface area contributed by atoms with Gasteiger partial charge in [-0.15, -0.1) is 0 Å². The Balaban J connectivity index is 2.02. The molecular formula is C6H11BOS. The standard InChI is InChI=1S/C6H11BOS/c8-6(7-5-9-7)3-1-2-4-6/h8H,1-5H2. The summed E-state index contributed by atoms with van der Waals surface area (Å²) in [6, 6.07) is 0. The van der Waals surface area contributed by atoms with Crippen molar-refractivity contribution in [3.05, 3.63) is 0 Å². The van der Waals surface area contributed by atoms with E-state index in [1.54, 1.807) is 0 Å². The number of aliphatic hydroxyl groups is 1. The van der Waals surface area contributed by atoms with Crippen LogP contribution < -0.4 is 0 Å². The molecule has 9 heavy (non-hydrogen) atoms. The first kappa shape index (κ1) is 6.11. The highest BCUT2D eigenvalue weighted by molar-refractivity contribution is 8.38. The van der Waals surface area contributed by atoms with Gasteiger partial charge in [-0.05, 0) is 18.5 Å². The monoisotopic (exact) mass is 142 g/mol. The van der Waals surface area contributed by atoms with Crippen LogP contribution in [0.5, 0.6) is 0 Å². The van der Waals surface area contributed by atoms with Crippen molar-refractivity contribution >= 4 is 17.6 Å². The SMILES string of the molecule is OC1(B2CS2)CCCC1. The Morgan fingerprint density at radius 2 is 1.89 bits per heavy atom. The molecule has 0 atom stereocenters. The van der Waals surface area contributed by atoms with Crippen LogP contribution in [-0.2, 0) is 0 Å². The van der Waals surface area contributed by atoms with Crippen LogP contribution in [0, 0.1) is 0 Å². The fourth-order valence-electron chi connectivity index (χ4n) is 1.67. The summed E-state index contributed by atoms with van der Waals surface area (Å²) in [7, 11) is 0. The van der Waals surface area contributed by atoms with Crippen LogP contribution in [0.3, 0.4) is 0 Å². The van der Waals surface area contributed by atoms with E-state index >= 15 is 0 Å². The molecule has 0 bridgehead atoms. The normalized spacial score (nSPS) is 31.0. The maximum atomic E-state index is 9.81. The molecule has 1 saturated carbocycles. The van der Waals surface area contributed by atoms with Crippen LogP contribution >= 0.6 is 11.6 Å². The van der Waals surface area contributed by atoms with Gasteiger partial charge in [0.15, 0.2) is 0 Å². The lowest BCUT2D eigenvalue weighted by Crippen LogP contribution is -2.33. The second kappa shape index (κ2) is 1.93. The Morgan fingerprint density at radius 1 is 1.33 bits per heavy atom. The van der Waals surface area contributed by atoms with Gasteiger partial charge in [0.25, 0.3) is 5.99 Å². The van der Waals surface area contributed by atoms with E-state index in [-0.39, 0.29) is 5.50 Å². The van der Waals surface area contributed by atoms with E-state index in [9.17, 15) is 5.11 Å². The van der Waals surface area contributed by atoms with Crippen molar-refractivity contribution in [2.75, 3.05) is 5.65 Å². The van der Waals surface area contributed by atoms with Gasteiger partial charge in [0.05, 0.1) is 5.50 Å². The zero-order valence-electron chi connectivity index (χ0n) is 5.47. The number of rotatable bonds is 1. The highest BCUT2D eigenvalue weighted by Gasteiger charge is 2.49. The van der Waals surface area contributed by atoms with E-state index in [0.717, 1.165) is 12.8 Å². The van der Waals surface area contributed by atoms with Crippen LogP contribution in [0.15, 0.2) is 0 Å². The molecule has 2 fully saturated rings. The van der Waals surface area contributed by atoms with Crippen molar-refractivity contribution in [3.8, 4) is 0 Å². The molecule has 1 N–H and O–H groups in total. The van der Waals surface area contributed by atoms with E-state index in [0.29, 0.717) is 5.99 Å². The molecule has 1 nitrogen and oxygen atoms in total. The first-order chi connectivity index (χ1) is 4.31. The van der Waals surface area contributed by atoms with E-state index in [1.807, 2.05) is 11.6 Å². The van der Waals surface area contributed by atoms with Crippen LogP contribution in [0.2, 0.25) is 0 Å². The molecule has 0 aromatic heterocycles. The molecule has 1 heterocycles. The van der Waals surface area contributed by atoms with Crippen LogP contribution in [0.4, 0.5) is 0 Å². The maximum absolute atomic E-state index is 9.81. The van der Waals surface area contributed by atoms with Gasteiger partial charge in [0, 0.05) is 0 Å². The lowest BCUT2D eigenvalue weighted by atomic mass is 9.61. The van der Waals surface area contributed by atoms with Gasteiger partial charge in [0.2, 0.25) is 0 Å². The smallest absolute Gasteiger partial charge is 0.253 e. The first-order valence-electron chi connectivity index (χ1n) is 3.65. The fraction of sp³-hybridized carbons (Fsp3) is 1.00. The molecule has 0 aromatic carbocycles. The largest absolute Gasteiger partial charge is 0.397 e.